The van der Waals surface area contributed by atoms with E-state index in [1.54, 1.807) is 35.2 Å². The number of methoxy groups -OCH3 is 1. The van der Waals surface area contributed by atoms with Crippen molar-refractivity contribution in [2.75, 3.05) is 25.6 Å². The summed E-state index contributed by atoms with van der Waals surface area (Å²) >= 11 is 0. The van der Waals surface area contributed by atoms with Crippen LogP contribution in [0.3, 0.4) is 0 Å². The van der Waals surface area contributed by atoms with Crippen molar-refractivity contribution in [2.24, 2.45) is 0 Å². The van der Waals surface area contributed by atoms with Crippen molar-refractivity contribution in [3.05, 3.63) is 55.1 Å². The van der Waals surface area contributed by atoms with Gasteiger partial charge < -0.3 is 9.64 Å². The van der Waals surface area contributed by atoms with Crippen LogP contribution in [0.2, 0.25) is 0 Å². The second-order valence-electron chi connectivity index (χ2n) is 5.20. The van der Waals surface area contributed by atoms with E-state index in [-0.39, 0.29) is 12.5 Å². The van der Waals surface area contributed by atoms with Crippen molar-refractivity contribution < 1.29 is 9.53 Å². The normalized spacial score (nSPS) is 10.4. The van der Waals surface area contributed by atoms with Gasteiger partial charge in [0, 0.05) is 25.0 Å². The first-order valence-electron chi connectivity index (χ1n) is 7.38. The highest BCUT2D eigenvalue weighted by molar-refractivity contribution is 5.75. The molecule has 0 spiro atoms. The molecule has 0 bridgehead atoms. The first kappa shape index (κ1) is 15.7. The molecule has 3 aromatic heterocycles. The molecule has 0 aliphatic heterocycles. The molecule has 0 saturated heterocycles. The molecule has 0 aromatic carbocycles. The van der Waals surface area contributed by atoms with Gasteiger partial charge in [0.2, 0.25) is 0 Å². The number of hydrogen-bond donors (Lipinski definition) is 0. The van der Waals surface area contributed by atoms with E-state index in [2.05, 4.69) is 19.8 Å². The van der Waals surface area contributed by atoms with Gasteiger partial charge in [-0.05, 0) is 24.3 Å². The summed E-state index contributed by atoms with van der Waals surface area (Å²) in [6.45, 7) is 0.141. The third-order valence-corrected chi connectivity index (χ3v) is 3.51. The van der Waals surface area contributed by atoms with Crippen LogP contribution in [0.25, 0.3) is 16.9 Å². The molecule has 3 rings (SSSR count). The van der Waals surface area contributed by atoms with E-state index in [9.17, 15) is 4.79 Å². The largest absolute Gasteiger partial charge is 0.468 e. The zero-order valence-electron chi connectivity index (χ0n) is 13.5. The third-order valence-electron chi connectivity index (χ3n) is 3.51. The molecule has 3 aromatic rings. The minimum absolute atomic E-state index is 0.141. The summed E-state index contributed by atoms with van der Waals surface area (Å²) in [5.74, 6) is 0.376. The van der Waals surface area contributed by atoms with E-state index in [1.807, 2.05) is 36.5 Å². The lowest BCUT2D eigenvalue weighted by molar-refractivity contribution is -0.138. The van der Waals surface area contributed by atoms with Crippen molar-refractivity contribution in [1.29, 1.82) is 0 Å². The smallest absolute Gasteiger partial charge is 0.325 e. The van der Waals surface area contributed by atoms with Crippen LogP contribution < -0.4 is 4.90 Å². The van der Waals surface area contributed by atoms with Crippen molar-refractivity contribution in [1.82, 2.24) is 19.7 Å². The van der Waals surface area contributed by atoms with Gasteiger partial charge in [-0.15, -0.1) is 0 Å². The SMILES string of the molecule is COC(=O)CN(C)c1cccc(-c2cnn(-c3cccnc3)c2)n1. The van der Waals surface area contributed by atoms with E-state index < -0.39 is 0 Å². The highest BCUT2D eigenvalue weighted by Crippen LogP contribution is 2.20. The summed E-state index contributed by atoms with van der Waals surface area (Å²) in [7, 11) is 3.16. The van der Waals surface area contributed by atoms with Crippen LogP contribution in [0.15, 0.2) is 55.1 Å². The number of rotatable bonds is 5. The minimum Gasteiger partial charge on any atom is -0.468 e. The Kier molecular flexibility index (Phi) is 4.51. The van der Waals surface area contributed by atoms with Gasteiger partial charge in [-0.2, -0.15) is 5.10 Å². The fourth-order valence-electron chi connectivity index (χ4n) is 2.22. The van der Waals surface area contributed by atoms with E-state index in [1.165, 1.54) is 7.11 Å². The Labute approximate surface area is 139 Å². The van der Waals surface area contributed by atoms with Crippen molar-refractivity contribution >= 4 is 11.8 Å². The first-order valence-corrected chi connectivity index (χ1v) is 7.38. The number of ether oxygens (including phenoxy) is 1. The minimum atomic E-state index is -0.311. The van der Waals surface area contributed by atoms with Gasteiger partial charge in [0.1, 0.15) is 12.4 Å². The lowest BCUT2D eigenvalue weighted by atomic mass is 10.2. The number of likely N-dealkylation sites (N-methyl/N-ethyl adjacent to an activating group) is 1. The maximum atomic E-state index is 11.4. The zero-order chi connectivity index (χ0) is 16.9. The topological polar surface area (TPSA) is 73.1 Å². The molecule has 0 aliphatic rings. The summed E-state index contributed by atoms with van der Waals surface area (Å²) < 4.78 is 6.43. The van der Waals surface area contributed by atoms with Gasteiger partial charge in [-0.1, -0.05) is 6.07 Å². The summed E-state index contributed by atoms with van der Waals surface area (Å²) in [6.07, 6.45) is 7.10. The van der Waals surface area contributed by atoms with Gasteiger partial charge in [-0.25, -0.2) is 9.67 Å². The van der Waals surface area contributed by atoms with E-state index >= 15 is 0 Å². The Morgan fingerprint density at radius 1 is 1.25 bits per heavy atom. The van der Waals surface area contributed by atoms with Crippen molar-refractivity contribution in [2.45, 2.75) is 0 Å². The standard InChI is InChI=1S/C17H17N5O2/c1-21(12-17(23)24-2)16-7-3-6-15(20-16)13-9-19-22(11-13)14-5-4-8-18-10-14/h3-11H,12H2,1-2H3. The molecule has 3 heterocycles. The predicted octanol–water partition coefficient (Wildman–Crippen LogP) is 1.94. The number of pyridine rings is 2. The molecule has 0 saturated carbocycles. The van der Waals surface area contributed by atoms with E-state index in [0.717, 1.165) is 16.9 Å². The maximum absolute atomic E-state index is 11.4. The van der Waals surface area contributed by atoms with Crippen LogP contribution >= 0.6 is 0 Å². The van der Waals surface area contributed by atoms with Crippen LogP contribution in [-0.4, -0.2) is 46.4 Å². The van der Waals surface area contributed by atoms with Gasteiger partial charge in [-0.3, -0.25) is 9.78 Å². The summed E-state index contributed by atoms with van der Waals surface area (Å²) in [5.41, 5.74) is 2.54. The van der Waals surface area contributed by atoms with Crippen LogP contribution in [0.5, 0.6) is 0 Å². The molecule has 122 valence electrons. The highest BCUT2D eigenvalue weighted by Gasteiger charge is 2.11. The van der Waals surface area contributed by atoms with Gasteiger partial charge >= 0.3 is 5.97 Å². The third kappa shape index (κ3) is 3.40. The Morgan fingerprint density at radius 2 is 2.12 bits per heavy atom. The molecule has 0 atom stereocenters. The molecule has 0 aliphatic carbocycles. The second kappa shape index (κ2) is 6.91. The number of hydrogen-bond acceptors (Lipinski definition) is 6. The molecule has 0 unspecified atom stereocenters. The molecule has 7 heteroatoms. The Balaban J connectivity index is 1.84. The summed E-state index contributed by atoms with van der Waals surface area (Å²) in [5, 5.41) is 4.35. The predicted molar refractivity (Wildman–Crippen MR) is 89.9 cm³/mol. The van der Waals surface area contributed by atoms with Gasteiger partial charge in [0.15, 0.2) is 0 Å². The highest BCUT2D eigenvalue weighted by atomic mass is 16.5. The number of nitrogens with zero attached hydrogens (tertiary/aromatic N) is 5. The molecule has 7 nitrogen and oxygen atoms in total. The molecule has 0 fully saturated rings. The molecule has 0 amide bonds. The quantitative estimate of drug-likeness (QED) is 0.668. The lowest BCUT2D eigenvalue weighted by Gasteiger charge is -2.16. The number of carbonyl (C=O) groups excluding carboxylic acids is 1. The fourth-order valence-corrected chi connectivity index (χ4v) is 2.22. The van der Waals surface area contributed by atoms with E-state index in [0.29, 0.717) is 5.82 Å². The maximum Gasteiger partial charge on any atom is 0.325 e. The van der Waals surface area contributed by atoms with Gasteiger partial charge in [0.25, 0.3) is 0 Å². The Morgan fingerprint density at radius 3 is 2.88 bits per heavy atom. The monoisotopic (exact) mass is 323 g/mol. The molecular formula is C17H17N5O2. The molecule has 0 radical (unpaired) electrons. The summed E-state index contributed by atoms with van der Waals surface area (Å²) in [4.78, 5) is 21.8. The molecular weight excluding hydrogens is 306 g/mol. The second-order valence-corrected chi connectivity index (χ2v) is 5.20. The Hall–Kier alpha value is -3.22. The number of aromatic nitrogens is 4. The molecule has 0 N–H and O–H groups in total. The fraction of sp³-hybridized carbons (Fsp3) is 0.176. The van der Waals surface area contributed by atoms with Crippen molar-refractivity contribution in [3.63, 3.8) is 0 Å². The first-order chi connectivity index (χ1) is 11.7. The van der Waals surface area contributed by atoms with Crippen molar-refractivity contribution in [3.8, 4) is 16.9 Å². The Bertz CT molecular complexity index is 832. The average Bonchev–Trinajstić information content (AvgIpc) is 3.12. The number of anilines is 1. The lowest BCUT2D eigenvalue weighted by Crippen LogP contribution is -2.27. The number of carbonyl (C=O) groups is 1. The molecule has 24 heavy (non-hydrogen) atoms. The number of esters is 1. The van der Waals surface area contributed by atoms with Crippen LogP contribution in [-0.2, 0) is 9.53 Å². The van der Waals surface area contributed by atoms with Crippen LogP contribution in [0, 0.1) is 0 Å². The van der Waals surface area contributed by atoms with E-state index in [4.69, 9.17) is 0 Å². The van der Waals surface area contributed by atoms with Gasteiger partial charge in [0.05, 0.1) is 30.9 Å². The average molecular weight is 323 g/mol. The summed E-state index contributed by atoms with van der Waals surface area (Å²) in [6, 6.07) is 9.43. The van der Waals surface area contributed by atoms with Crippen LogP contribution in [0.4, 0.5) is 5.82 Å². The van der Waals surface area contributed by atoms with Crippen LogP contribution in [0.1, 0.15) is 0 Å². The zero-order valence-corrected chi connectivity index (χ0v) is 13.5.